The molecular formula is C14H22O4. The Kier molecular flexibility index (Phi) is 4.54. The van der Waals surface area contributed by atoms with Crippen LogP contribution in [0.25, 0.3) is 0 Å². The summed E-state index contributed by atoms with van der Waals surface area (Å²) >= 11 is 0. The molecule has 0 amide bonds. The van der Waals surface area contributed by atoms with Crippen molar-refractivity contribution in [3.63, 3.8) is 0 Å². The first-order valence-corrected chi connectivity index (χ1v) is 6.32. The lowest BCUT2D eigenvalue weighted by molar-refractivity contribution is -0.242. The number of rotatable bonds is 4. The van der Waals surface area contributed by atoms with Gasteiger partial charge < -0.3 is 9.47 Å². The number of hydrogen-bond acceptors (Lipinski definition) is 4. The van der Waals surface area contributed by atoms with Crippen molar-refractivity contribution in [2.45, 2.75) is 53.2 Å². The van der Waals surface area contributed by atoms with Crippen molar-refractivity contribution in [3.8, 4) is 0 Å². The number of allylic oxidation sites excluding steroid dienone is 2. The van der Waals surface area contributed by atoms with Gasteiger partial charge in [-0.2, -0.15) is 0 Å². The highest BCUT2D eigenvalue weighted by Crippen LogP contribution is 2.29. The van der Waals surface area contributed by atoms with Gasteiger partial charge in [-0.05, 0) is 32.6 Å². The topological polar surface area (TPSA) is 52.6 Å². The van der Waals surface area contributed by atoms with Gasteiger partial charge in [0.15, 0.2) is 5.92 Å². The zero-order valence-corrected chi connectivity index (χ0v) is 11.8. The number of cyclic esters (lactones) is 2. The molecule has 4 nitrogen and oxygen atoms in total. The molecule has 18 heavy (non-hydrogen) atoms. The number of esters is 2. The minimum atomic E-state index is -1.13. The average molecular weight is 254 g/mol. The molecule has 1 aliphatic heterocycles. The van der Waals surface area contributed by atoms with E-state index in [0.29, 0.717) is 0 Å². The summed E-state index contributed by atoms with van der Waals surface area (Å²) in [6.45, 7) is 9.05. The van der Waals surface area contributed by atoms with Gasteiger partial charge in [-0.15, -0.1) is 0 Å². The number of carbonyl (C=O) groups is 2. The van der Waals surface area contributed by atoms with Crippen LogP contribution >= 0.6 is 0 Å². The molecule has 0 spiro atoms. The Bertz CT molecular complexity index is 344. The van der Waals surface area contributed by atoms with Crippen molar-refractivity contribution < 1.29 is 19.1 Å². The van der Waals surface area contributed by atoms with Crippen LogP contribution in [-0.2, 0) is 19.1 Å². The van der Waals surface area contributed by atoms with Gasteiger partial charge in [0, 0.05) is 13.8 Å². The van der Waals surface area contributed by atoms with Crippen LogP contribution in [0.1, 0.15) is 47.5 Å². The third-order valence-electron chi connectivity index (χ3n) is 2.94. The second-order valence-corrected chi connectivity index (χ2v) is 5.56. The Morgan fingerprint density at radius 3 is 2.22 bits per heavy atom. The van der Waals surface area contributed by atoms with Gasteiger partial charge in [0.2, 0.25) is 0 Å². The number of carbonyl (C=O) groups excluding carboxylic acids is 2. The van der Waals surface area contributed by atoms with Crippen molar-refractivity contribution in [2.75, 3.05) is 0 Å². The summed E-state index contributed by atoms with van der Waals surface area (Å²) in [7, 11) is 0. The normalized spacial score (nSPS) is 20.9. The van der Waals surface area contributed by atoms with E-state index in [1.807, 2.05) is 20.8 Å². The van der Waals surface area contributed by atoms with Crippen molar-refractivity contribution in [1.82, 2.24) is 0 Å². The lowest BCUT2D eigenvalue weighted by Gasteiger charge is -2.34. The van der Waals surface area contributed by atoms with Gasteiger partial charge >= 0.3 is 11.9 Å². The molecule has 0 unspecified atom stereocenters. The quantitative estimate of drug-likeness (QED) is 0.440. The highest BCUT2D eigenvalue weighted by Gasteiger charge is 2.45. The van der Waals surface area contributed by atoms with Gasteiger partial charge in [-0.1, -0.05) is 18.6 Å². The molecular weight excluding hydrogens is 232 g/mol. The molecule has 0 aromatic heterocycles. The standard InChI is InChI=1S/C14H22O4/c1-9(2)7-6-8-10(3)11-12(15)17-14(4,5)18-13(11)16/h7,10-11H,6,8H2,1-5H3/t10-/m1/s1. The van der Waals surface area contributed by atoms with Crippen LogP contribution in [0.15, 0.2) is 11.6 Å². The maximum Gasteiger partial charge on any atom is 0.323 e. The highest BCUT2D eigenvalue weighted by atomic mass is 16.7. The van der Waals surface area contributed by atoms with E-state index in [1.165, 1.54) is 5.57 Å². The number of ether oxygens (including phenoxy) is 2. The molecule has 1 rings (SSSR count). The van der Waals surface area contributed by atoms with E-state index in [9.17, 15) is 9.59 Å². The maximum absolute atomic E-state index is 11.8. The fourth-order valence-corrected chi connectivity index (χ4v) is 1.99. The summed E-state index contributed by atoms with van der Waals surface area (Å²) in [4.78, 5) is 23.6. The summed E-state index contributed by atoms with van der Waals surface area (Å²) in [5.41, 5.74) is 1.23. The van der Waals surface area contributed by atoms with E-state index in [1.54, 1.807) is 13.8 Å². The summed E-state index contributed by atoms with van der Waals surface area (Å²) in [5.74, 6) is -2.94. The van der Waals surface area contributed by atoms with E-state index in [-0.39, 0.29) is 5.92 Å². The SMILES string of the molecule is CC(C)=CCC[C@@H](C)C1C(=O)OC(C)(C)OC1=O. The van der Waals surface area contributed by atoms with Gasteiger partial charge in [0.25, 0.3) is 5.79 Å². The van der Waals surface area contributed by atoms with Crippen LogP contribution in [0.2, 0.25) is 0 Å². The molecule has 0 bridgehead atoms. The molecule has 1 fully saturated rings. The molecule has 1 aliphatic rings. The first kappa shape index (κ1) is 14.7. The molecule has 1 saturated heterocycles. The van der Waals surface area contributed by atoms with Crippen molar-refractivity contribution >= 4 is 11.9 Å². The minimum Gasteiger partial charge on any atom is -0.422 e. The van der Waals surface area contributed by atoms with E-state index in [4.69, 9.17) is 9.47 Å². The Balaban J connectivity index is 2.63. The molecule has 0 aromatic rings. The fourth-order valence-electron chi connectivity index (χ4n) is 1.99. The second-order valence-electron chi connectivity index (χ2n) is 5.56. The highest BCUT2D eigenvalue weighted by molar-refractivity contribution is 5.96. The van der Waals surface area contributed by atoms with Crippen LogP contribution in [0.4, 0.5) is 0 Å². The molecule has 0 radical (unpaired) electrons. The van der Waals surface area contributed by atoms with E-state index in [0.717, 1.165) is 12.8 Å². The smallest absolute Gasteiger partial charge is 0.323 e. The fraction of sp³-hybridized carbons (Fsp3) is 0.714. The van der Waals surface area contributed by atoms with Gasteiger partial charge in [-0.25, -0.2) is 0 Å². The zero-order chi connectivity index (χ0) is 13.9. The van der Waals surface area contributed by atoms with Gasteiger partial charge in [0.05, 0.1) is 0 Å². The third kappa shape index (κ3) is 3.86. The largest absolute Gasteiger partial charge is 0.422 e. The van der Waals surface area contributed by atoms with E-state index >= 15 is 0 Å². The van der Waals surface area contributed by atoms with Crippen molar-refractivity contribution in [3.05, 3.63) is 11.6 Å². The van der Waals surface area contributed by atoms with Crippen LogP contribution in [0, 0.1) is 11.8 Å². The summed E-state index contributed by atoms with van der Waals surface area (Å²) in [6.07, 6.45) is 3.71. The van der Waals surface area contributed by atoms with Crippen molar-refractivity contribution in [2.24, 2.45) is 11.8 Å². The Labute approximate surface area is 108 Å². The van der Waals surface area contributed by atoms with Crippen molar-refractivity contribution in [1.29, 1.82) is 0 Å². The maximum atomic E-state index is 11.8. The summed E-state index contributed by atoms with van der Waals surface area (Å²) in [5, 5.41) is 0. The molecule has 0 aliphatic carbocycles. The van der Waals surface area contributed by atoms with E-state index < -0.39 is 23.6 Å². The first-order valence-electron chi connectivity index (χ1n) is 6.32. The lowest BCUT2D eigenvalue weighted by atomic mass is 9.89. The molecule has 0 N–H and O–H groups in total. The van der Waals surface area contributed by atoms with E-state index in [2.05, 4.69) is 6.08 Å². The zero-order valence-electron chi connectivity index (χ0n) is 11.8. The second kappa shape index (κ2) is 5.55. The average Bonchev–Trinajstić information content (AvgIpc) is 2.12. The summed E-state index contributed by atoms with van der Waals surface area (Å²) < 4.78 is 10.2. The molecule has 4 heteroatoms. The minimum absolute atomic E-state index is 0.0725. The summed E-state index contributed by atoms with van der Waals surface area (Å²) in [6, 6.07) is 0. The Hall–Kier alpha value is -1.32. The molecule has 1 atom stereocenters. The van der Waals surface area contributed by atoms with Crippen LogP contribution in [0.3, 0.4) is 0 Å². The molecule has 102 valence electrons. The Morgan fingerprint density at radius 2 is 1.78 bits per heavy atom. The third-order valence-corrected chi connectivity index (χ3v) is 2.94. The predicted molar refractivity (Wildman–Crippen MR) is 67.6 cm³/mol. The lowest BCUT2D eigenvalue weighted by Crippen LogP contribution is -2.48. The monoisotopic (exact) mass is 254 g/mol. The Morgan fingerprint density at radius 1 is 1.28 bits per heavy atom. The number of hydrogen-bond donors (Lipinski definition) is 0. The molecule has 0 saturated carbocycles. The molecule has 1 heterocycles. The van der Waals surface area contributed by atoms with Gasteiger partial charge in [-0.3, -0.25) is 9.59 Å². The predicted octanol–water partition coefficient (Wildman–Crippen LogP) is 2.82. The first-order chi connectivity index (χ1) is 8.23. The van der Waals surface area contributed by atoms with Crippen LogP contribution in [-0.4, -0.2) is 17.7 Å². The van der Waals surface area contributed by atoms with Crippen LogP contribution in [0.5, 0.6) is 0 Å². The van der Waals surface area contributed by atoms with Gasteiger partial charge in [0.1, 0.15) is 0 Å². The molecule has 0 aromatic carbocycles. The van der Waals surface area contributed by atoms with Crippen LogP contribution < -0.4 is 0 Å².